The second-order valence-corrected chi connectivity index (χ2v) is 6.80. The van der Waals surface area contributed by atoms with Crippen molar-refractivity contribution >= 4 is 16.6 Å². The van der Waals surface area contributed by atoms with Crippen molar-refractivity contribution in [1.29, 1.82) is 0 Å². The van der Waals surface area contributed by atoms with Gasteiger partial charge in [-0.05, 0) is 44.7 Å². The van der Waals surface area contributed by atoms with Gasteiger partial charge < -0.3 is 21.3 Å². The van der Waals surface area contributed by atoms with Crippen molar-refractivity contribution in [2.75, 3.05) is 12.3 Å². The van der Waals surface area contributed by atoms with Gasteiger partial charge in [-0.25, -0.2) is 0 Å². The molecule has 122 valence electrons. The van der Waals surface area contributed by atoms with Crippen LogP contribution < -0.4 is 11.1 Å². The molecule has 0 radical (unpaired) electrons. The predicted molar refractivity (Wildman–Crippen MR) is 90.8 cm³/mol. The average Bonchev–Trinajstić information content (AvgIpc) is 2.57. The van der Waals surface area contributed by atoms with E-state index in [1.54, 1.807) is 0 Å². The molecule has 23 heavy (non-hydrogen) atoms. The number of benzene rings is 1. The lowest BCUT2D eigenvalue weighted by molar-refractivity contribution is 0.326. The van der Waals surface area contributed by atoms with E-state index in [1.165, 1.54) is 31.4 Å². The number of aromatic nitrogens is 1. The van der Waals surface area contributed by atoms with E-state index in [1.807, 2.05) is 0 Å². The van der Waals surface area contributed by atoms with Crippen LogP contribution in [-0.4, -0.2) is 27.8 Å². The van der Waals surface area contributed by atoms with Crippen LogP contribution in [0.4, 0.5) is 5.69 Å². The summed E-state index contributed by atoms with van der Waals surface area (Å²) in [6, 6.07) is 3.51. The molecule has 0 amide bonds. The molecule has 1 aromatic carbocycles. The molecule has 0 spiro atoms. The van der Waals surface area contributed by atoms with Gasteiger partial charge in [0.15, 0.2) is 11.5 Å². The van der Waals surface area contributed by atoms with Crippen LogP contribution in [0.15, 0.2) is 12.1 Å². The lowest BCUT2D eigenvalue weighted by Crippen LogP contribution is -2.40. The number of piperidine rings is 1. The Bertz CT molecular complexity index is 754. The topological polar surface area (TPSA) is 91.4 Å². The zero-order chi connectivity index (χ0) is 16.0. The van der Waals surface area contributed by atoms with Crippen molar-refractivity contribution in [2.45, 2.75) is 50.5 Å². The minimum Gasteiger partial charge on any atom is -0.504 e. The molecule has 1 saturated heterocycles. The maximum atomic E-state index is 9.81. The standard InChI is InChI=1S/C18H23N3O2/c19-18-11-8-15(22)16(23)9-14(11)21-13-6-3-4-10(17(13)18)12-5-1-2-7-20-12/h8-10,12,20,22-23H,1-7H2,(H2,19,21). The van der Waals surface area contributed by atoms with Crippen LogP contribution in [0.5, 0.6) is 11.5 Å². The first-order valence-electron chi connectivity index (χ1n) is 8.52. The van der Waals surface area contributed by atoms with Gasteiger partial charge in [0.25, 0.3) is 0 Å². The number of phenolic OH excluding ortho intramolecular Hbond substituents is 2. The molecule has 5 heteroatoms. The van der Waals surface area contributed by atoms with Crippen molar-refractivity contribution in [1.82, 2.24) is 10.3 Å². The summed E-state index contributed by atoms with van der Waals surface area (Å²) >= 11 is 0. The number of nitrogen functional groups attached to an aromatic ring is 1. The van der Waals surface area contributed by atoms with Gasteiger partial charge in [0, 0.05) is 40.4 Å². The highest BCUT2D eigenvalue weighted by molar-refractivity contribution is 5.94. The number of aromatic hydroxyl groups is 2. The number of hydrogen-bond acceptors (Lipinski definition) is 5. The Balaban J connectivity index is 1.86. The fourth-order valence-electron chi connectivity index (χ4n) is 4.24. The molecule has 0 bridgehead atoms. The summed E-state index contributed by atoms with van der Waals surface area (Å²) in [5.74, 6) is 0.103. The zero-order valence-electron chi connectivity index (χ0n) is 13.2. The number of fused-ring (bicyclic) bond motifs is 2. The summed E-state index contributed by atoms with van der Waals surface area (Å²) in [6.07, 6.45) is 6.88. The van der Waals surface area contributed by atoms with E-state index in [2.05, 4.69) is 5.32 Å². The Kier molecular flexibility index (Phi) is 3.53. The van der Waals surface area contributed by atoms with Gasteiger partial charge in [0.2, 0.25) is 0 Å². The van der Waals surface area contributed by atoms with Gasteiger partial charge in [-0.2, -0.15) is 0 Å². The quantitative estimate of drug-likeness (QED) is 0.608. The lowest BCUT2D eigenvalue weighted by atomic mass is 9.77. The van der Waals surface area contributed by atoms with Gasteiger partial charge in [-0.15, -0.1) is 0 Å². The molecule has 2 unspecified atom stereocenters. The second-order valence-electron chi connectivity index (χ2n) is 6.80. The Morgan fingerprint density at radius 1 is 1.09 bits per heavy atom. The number of nitrogens with zero attached hydrogens (tertiary/aromatic N) is 1. The normalized spacial score (nSPS) is 24.5. The summed E-state index contributed by atoms with van der Waals surface area (Å²) < 4.78 is 0. The Labute approximate surface area is 135 Å². The predicted octanol–water partition coefficient (Wildman–Crippen LogP) is 2.79. The fraction of sp³-hybridized carbons (Fsp3) is 0.500. The average molecular weight is 313 g/mol. The van der Waals surface area contributed by atoms with Crippen LogP contribution >= 0.6 is 0 Å². The molecular formula is C18H23N3O2. The highest BCUT2D eigenvalue weighted by Crippen LogP contribution is 2.43. The van der Waals surface area contributed by atoms with Gasteiger partial charge in [0.05, 0.1) is 5.52 Å². The fourth-order valence-corrected chi connectivity index (χ4v) is 4.24. The van der Waals surface area contributed by atoms with Crippen molar-refractivity contribution in [3.63, 3.8) is 0 Å². The molecule has 2 aliphatic rings. The van der Waals surface area contributed by atoms with Crippen LogP contribution in [0, 0.1) is 0 Å². The van der Waals surface area contributed by atoms with E-state index in [9.17, 15) is 10.2 Å². The minimum atomic E-state index is -0.148. The number of nitrogens with two attached hydrogens (primary N) is 1. The van der Waals surface area contributed by atoms with Crippen LogP contribution in [0.25, 0.3) is 10.9 Å². The number of anilines is 1. The lowest BCUT2D eigenvalue weighted by Gasteiger charge is -2.36. The molecule has 5 N–H and O–H groups in total. The van der Waals surface area contributed by atoms with E-state index in [-0.39, 0.29) is 11.5 Å². The molecule has 2 heterocycles. The van der Waals surface area contributed by atoms with Crippen LogP contribution in [0.1, 0.15) is 49.3 Å². The summed E-state index contributed by atoms with van der Waals surface area (Å²) in [5.41, 5.74) is 10.1. The van der Waals surface area contributed by atoms with Crippen molar-refractivity contribution in [3.8, 4) is 11.5 Å². The zero-order valence-corrected chi connectivity index (χ0v) is 13.2. The maximum Gasteiger partial charge on any atom is 0.159 e. The second kappa shape index (κ2) is 5.57. The third-order valence-corrected chi connectivity index (χ3v) is 5.37. The van der Waals surface area contributed by atoms with Gasteiger partial charge in [-0.1, -0.05) is 6.42 Å². The largest absolute Gasteiger partial charge is 0.504 e. The van der Waals surface area contributed by atoms with Gasteiger partial charge in [-0.3, -0.25) is 4.98 Å². The van der Waals surface area contributed by atoms with Gasteiger partial charge in [0.1, 0.15) is 0 Å². The van der Waals surface area contributed by atoms with Crippen LogP contribution in [0.3, 0.4) is 0 Å². The highest BCUT2D eigenvalue weighted by Gasteiger charge is 2.32. The van der Waals surface area contributed by atoms with E-state index < -0.39 is 0 Å². The number of hydrogen-bond donors (Lipinski definition) is 4. The first-order valence-corrected chi connectivity index (χ1v) is 8.52. The molecule has 2 aromatic rings. The van der Waals surface area contributed by atoms with Crippen LogP contribution in [-0.2, 0) is 6.42 Å². The Morgan fingerprint density at radius 3 is 2.70 bits per heavy atom. The first-order chi connectivity index (χ1) is 11.1. The van der Waals surface area contributed by atoms with E-state index >= 15 is 0 Å². The first kappa shape index (κ1) is 14.6. The number of rotatable bonds is 1. The molecule has 5 nitrogen and oxygen atoms in total. The molecule has 1 aliphatic carbocycles. The maximum absolute atomic E-state index is 9.81. The SMILES string of the molecule is Nc1c2c(nc3cc(O)c(O)cc13)CCCC2C1CCCCN1. The summed E-state index contributed by atoms with van der Waals surface area (Å²) in [7, 11) is 0. The van der Waals surface area contributed by atoms with Crippen LogP contribution in [0.2, 0.25) is 0 Å². The van der Waals surface area contributed by atoms with E-state index in [0.29, 0.717) is 17.5 Å². The van der Waals surface area contributed by atoms with Crippen molar-refractivity contribution < 1.29 is 10.2 Å². The smallest absolute Gasteiger partial charge is 0.159 e. The summed E-state index contributed by atoms with van der Waals surface area (Å²) in [4.78, 5) is 4.74. The molecule has 2 atom stereocenters. The van der Waals surface area contributed by atoms with Crippen molar-refractivity contribution in [2.24, 2.45) is 0 Å². The molecule has 1 aromatic heterocycles. The number of nitrogens with one attached hydrogen (secondary N) is 1. The van der Waals surface area contributed by atoms with E-state index in [0.717, 1.165) is 48.1 Å². The molecule has 0 saturated carbocycles. The Morgan fingerprint density at radius 2 is 1.91 bits per heavy atom. The molecular weight excluding hydrogens is 290 g/mol. The summed E-state index contributed by atoms with van der Waals surface area (Å²) in [5, 5.41) is 23.9. The third-order valence-electron chi connectivity index (χ3n) is 5.37. The number of phenols is 2. The minimum absolute atomic E-state index is 0.144. The number of pyridine rings is 1. The number of aryl methyl sites for hydroxylation is 1. The summed E-state index contributed by atoms with van der Waals surface area (Å²) in [6.45, 7) is 1.08. The van der Waals surface area contributed by atoms with Gasteiger partial charge >= 0.3 is 0 Å². The molecule has 1 fully saturated rings. The monoisotopic (exact) mass is 313 g/mol. The van der Waals surface area contributed by atoms with Crippen molar-refractivity contribution in [3.05, 3.63) is 23.4 Å². The van der Waals surface area contributed by atoms with E-state index in [4.69, 9.17) is 10.7 Å². The Hall–Kier alpha value is -2.01. The molecule has 4 rings (SSSR count). The third kappa shape index (κ3) is 2.39. The molecule has 1 aliphatic heterocycles. The highest BCUT2D eigenvalue weighted by atomic mass is 16.3.